The molecule has 98 valence electrons. The lowest BCUT2D eigenvalue weighted by atomic mass is 10.4. The molecule has 1 aromatic rings. The average molecular weight is 267 g/mol. The Morgan fingerprint density at radius 1 is 1.47 bits per heavy atom. The normalized spacial score (nSPS) is 12.0. The standard InChI is InChI=1S/C10H16F3N3S/c1-2-5-16-6-3-15-9(16)8-14-4-7-17-10(11,12)13/h3,6,14H,2,4-5,7-8H2,1H3. The predicted molar refractivity (Wildman–Crippen MR) is 62.7 cm³/mol. The van der Waals surface area contributed by atoms with Crippen molar-refractivity contribution < 1.29 is 13.2 Å². The number of nitrogens with zero attached hydrogens (tertiary/aromatic N) is 2. The molecule has 0 spiro atoms. The molecule has 0 aromatic carbocycles. The third-order valence-electron chi connectivity index (χ3n) is 2.09. The second-order valence-electron chi connectivity index (χ2n) is 3.51. The van der Waals surface area contributed by atoms with Crippen molar-refractivity contribution in [1.29, 1.82) is 0 Å². The van der Waals surface area contributed by atoms with E-state index in [4.69, 9.17) is 0 Å². The first kappa shape index (κ1) is 14.4. The van der Waals surface area contributed by atoms with E-state index in [0.29, 0.717) is 13.1 Å². The summed E-state index contributed by atoms with van der Waals surface area (Å²) >= 11 is -0.00448. The second kappa shape index (κ2) is 6.90. The zero-order chi connectivity index (χ0) is 12.7. The number of hydrogen-bond donors (Lipinski definition) is 1. The van der Waals surface area contributed by atoms with Crippen molar-refractivity contribution in [1.82, 2.24) is 14.9 Å². The zero-order valence-electron chi connectivity index (χ0n) is 9.63. The SMILES string of the molecule is CCCn1ccnc1CNCCSC(F)(F)F. The molecule has 17 heavy (non-hydrogen) atoms. The number of alkyl halides is 3. The van der Waals surface area contributed by atoms with Gasteiger partial charge in [-0.25, -0.2) is 4.98 Å². The highest BCUT2D eigenvalue weighted by Gasteiger charge is 2.27. The van der Waals surface area contributed by atoms with Gasteiger partial charge in [-0.05, 0) is 18.2 Å². The van der Waals surface area contributed by atoms with Crippen LogP contribution < -0.4 is 5.32 Å². The zero-order valence-corrected chi connectivity index (χ0v) is 10.4. The molecular formula is C10H16F3N3S. The van der Waals surface area contributed by atoms with Crippen LogP contribution in [-0.2, 0) is 13.1 Å². The summed E-state index contributed by atoms with van der Waals surface area (Å²) in [6.45, 7) is 3.78. The molecule has 0 bridgehead atoms. The van der Waals surface area contributed by atoms with E-state index in [2.05, 4.69) is 17.2 Å². The Morgan fingerprint density at radius 2 is 2.24 bits per heavy atom. The number of halogens is 3. The Morgan fingerprint density at radius 3 is 2.88 bits per heavy atom. The first-order valence-corrected chi connectivity index (χ1v) is 6.43. The molecule has 1 aromatic heterocycles. The van der Waals surface area contributed by atoms with Crippen molar-refractivity contribution in [3.05, 3.63) is 18.2 Å². The van der Waals surface area contributed by atoms with E-state index in [1.165, 1.54) is 0 Å². The summed E-state index contributed by atoms with van der Waals surface area (Å²) in [6, 6.07) is 0. The number of thioether (sulfide) groups is 1. The summed E-state index contributed by atoms with van der Waals surface area (Å²) in [4.78, 5) is 4.15. The highest BCUT2D eigenvalue weighted by Crippen LogP contribution is 2.29. The smallest absolute Gasteiger partial charge is 0.334 e. The summed E-state index contributed by atoms with van der Waals surface area (Å²) in [5.41, 5.74) is -4.14. The Labute approximate surface area is 103 Å². The van der Waals surface area contributed by atoms with Gasteiger partial charge in [-0.15, -0.1) is 0 Å². The van der Waals surface area contributed by atoms with Gasteiger partial charge in [0, 0.05) is 31.2 Å². The molecule has 0 aliphatic carbocycles. The Hall–Kier alpha value is -0.690. The maximum atomic E-state index is 11.8. The molecule has 0 amide bonds. The molecule has 3 nitrogen and oxygen atoms in total. The quantitative estimate of drug-likeness (QED) is 0.770. The summed E-state index contributed by atoms with van der Waals surface area (Å²) in [5.74, 6) is 0.890. The van der Waals surface area contributed by atoms with Crippen LogP contribution in [0.4, 0.5) is 13.2 Å². The third kappa shape index (κ3) is 5.97. The van der Waals surface area contributed by atoms with Gasteiger partial charge in [-0.1, -0.05) is 6.92 Å². The van der Waals surface area contributed by atoms with Crippen LogP contribution in [0.2, 0.25) is 0 Å². The number of nitrogens with one attached hydrogen (secondary N) is 1. The maximum absolute atomic E-state index is 11.8. The van der Waals surface area contributed by atoms with Crippen LogP contribution in [-0.4, -0.2) is 27.4 Å². The van der Waals surface area contributed by atoms with E-state index < -0.39 is 5.51 Å². The second-order valence-corrected chi connectivity index (χ2v) is 4.67. The fourth-order valence-electron chi connectivity index (χ4n) is 1.39. The van der Waals surface area contributed by atoms with Crippen LogP contribution in [0, 0.1) is 0 Å². The van der Waals surface area contributed by atoms with Crippen LogP contribution in [0.3, 0.4) is 0 Å². The van der Waals surface area contributed by atoms with Crippen LogP contribution in [0.5, 0.6) is 0 Å². The summed E-state index contributed by atoms with van der Waals surface area (Å²) in [7, 11) is 0. The number of imidazole rings is 1. The van der Waals surface area contributed by atoms with Crippen molar-refractivity contribution in [2.24, 2.45) is 0 Å². The van der Waals surface area contributed by atoms with E-state index in [-0.39, 0.29) is 17.5 Å². The van der Waals surface area contributed by atoms with Crippen LogP contribution in [0.25, 0.3) is 0 Å². The highest BCUT2D eigenvalue weighted by molar-refractivity contribution is 8.00. The molecule has 1 heterocycles. The van der Waals surface area contributed by atoms with Crippen LogP contribution >= 0.6 is 11.8 Å². The topological polar surface area (TPSA) is 29.9 Å². The minimum Gasteiger partial charge on any atom is -0.334 e. The summed E-state index contributed by atoms with van der Waals surface area (Å²) in [5, 5.41) is 2.96. The van der Waals surface area contributed by atoms with Gasteiger partial charge in [-0.2, -0.15) is 13.2 Å². The summed E-state index contributed by atoms with van der Waals surface area (Å²) in [6.07, 6.45) is 4.59. The van der Waals surface area contributed by atoms with Gasteiger partial charge in [0.15, 0.2) is 0 Å². The molecule has 0 atom stereocenters. The lowest BCUT2D eigenvalue weighted by Crippen LogP contribution is -2.20. The van der Waals surface area contributed by atoms with E-state index in [1.54, 1.807) is 6.20 Å². The van der Waals surface area contributed by atoms with Gasteiger partial charge < -0.3 is 9.88 Å². The minimum atomic E-state index is -4.14. The molecule has 0 saturated heterocycles. The number of aryl methyl sites for hydroxylation is 1. The van der Waals surface area contributed by atoms with Crippen molar-refractivity contribution in [2.75, 3.05) is 12.3 Å². The average Bonchev–Trinajstić information content (AvgIpc) is 2.64. The molecule has 0 unspecified atom stereocenters. The Bertz CT molecular complexity index is 325. The van der Waals surface area contributed by atoms with E-state index in [1.807, 2.05) is 10.8 Å². The fraction of sp³-hybridized carbons (Fsp3) is 0.700. The lowest BCUT2D eigenvalue weighted by Gasteiger charge is -2.08. The van der Waals surface area contributed by atoms with Gasteiger partial charge in [-0.3, -0.25) is 0 Å². The van der Waals surface area contributed by atoms with Crippen molar-refractivity contribution in [3.63, 3.8) is 0 Å². The molecule has 7 heteroatoms. The van der Waals surface area contributed by atoms with E-state index in [0.717, 1.165) is 18.8 Å². The Balaban J connectivity index is 2.20. The molecule has 1 N–H and O–H groups in total. The molecule has 1 rings (SSSR count). The lowest BCUT2D eigenvalue weighted by molar-refractivity contribution is -0.0327. The first-order chi connectivity index (χ1) is 8.03. The van der Waals surface area contributed by atoms with Crippen molar-refractivity contribution >= 4 is 11.8 Å². The number of aromatic nitrogens is 2. The van der Waals surface area contributed by atoms with Crippen LogP contribution in [0.1, 0.15) is 19.2 Å². The van der Waals surface area contributed by atoms with Crippen molar-refractivity contribution in [2.45, 2.75) is 31.9 Å². The number of hydrogen-bond acceptors (Lipinski definition) is 3. The molecule has 0 aliphatic rings. The molecular weight excluding hydrogens is 251 g/mol. The number of rotatable bonds is 7. The van der Waals surface area contributed by atoms with Gasteiger partial charge in [0.25, 0.3) is 0 Å². The largest absolute Gasteiger partial charge is 0.441 e. The summed E-state index contributed by atoms with van der Waals surface area (Å²) < 4.78 is 37.5. The van der Waals surface area contributed by atoms with Gasteiger partial charge >= 0.3 is 5.51 Å². The van der Waals surface area contributed by atoms with Crippen LogP contribution in [0.15, 0.2) is 12.4 Å². The predicted octanol–water partition coefficient (Wildman–Crippen LogP) is 2.64. The van der Waals surface area contributed by atoms with Gasteiger partial charge in [0.1, 0.15) is 5.82 Å². The molecule has 0 radical (unpaired) electrons. The van der Waals surface area contributed by atoms with Crippen molar-refractivity contribution in [3.8, 4) is 0 Å². The monoisotopic (exact) mass is 267 g/mol. The van der Waals surface area contributed by atoms with E-state index >= 15 is 0 Å². The molecule has 0 aliphatic heterocycles. The third-order valence-corrected chi connectivity index (χ3v) is 2.83. The Kier molecular flexibility index (Phi) is 5.84. The molecule has 0 saturated carbocycles. The van der Waals surface area contributed by atoms with E-state index in [9.17, 15) is 13.2 Å². The first-order valence-electron chi connectivity index (χ1n) is 5.44. The van der Waals surface area contributed by atoms with Gasteiger partial charge in [0.2, 0.25) is 0 Å². The van der Waals surface area contributed by atoms with Gasteiger partial charge in [0.05, 0.1) is 6.54 Å². The highest BCUT2D eigenvalue weighted by atomic mass is 32.2. The minimum absolute atomic E-state index is 0.00448. The maximum Gasteiger partial charge on any atom is 0.441 e. The fourth-order valence-corrected chi connectivity index (χ4v) is 1.87. The molecule has 0 fully saturated rings.